The van der Waals surface area contributed by atoms with Crippen LogP contribution in [0.2, 0.25) is 0 Å². The van der Waals surface area contributed by atoms with Gasteiger partial charge in [-0.1, -0.05) is 30.3 Å². The molecule has 1 atom stereocenters. The van der Waals surface area contributed by atoms with Gasteiger partial charge in [-0.2, -0.15) is 0 Å². The van der Waals surface area contributed by atoms with Crippen LogP contribution in [-0.2, 0) is 20.9 Å². The molecule has 1 amide bonds. The molecule has 2 aromatic rings. The molecule has 6 nitrogen and oxygen atoms in total. The van der Waals surface area contributed by atoms with E-state index in [1.165, 1.54) is 4.90 Å². The van der Waals surface area contributed by atoms with Crippen molar-refractivity contribution in [1.82, 2.24) is 4.90 Å². The number of amides is 1. The summed E-state index contributed by atoms with van der Waals surface area (Å²) in [7, 11) is 5.63. The van der Waals surface area contributed by atoms with Crippen LogP contribution < -0.4 is 9.64 Å². The molecule has 0 saturated heterocycles. The number of esters is 1. The molecule has 0 N–H and O–H groups in total. The Morgan fingerprint density at radius 3 is 2.19 bits per heavy atom. The maximum Gasteiger partial charge on any atom is 0.347 e. The summed E-state index contributed by atoms with van der Waals surface area (Å²) in [5.74, 6) is -0.269. The second-order valence-corrected chi connectivity index (χ2v) is 6.49. The lowest BCUT2D eigenvalue weighted by Crippen LogP contribution is -2.34. The fourth-order valence-electron chi connectivity index (χ4n) is 2.37. The first-order chi connectivity index (χ1) is 12.9. The van der Waals surface area contributed by atoms with Crippen molar-refractivity contribution in [2.24, 2.45) is 0 Å². The van der Waals surface area contributed by atoms with Crippen molar-refractivity contribution < 1.29 is 19.1 Å². The topological polar surface area (TPSA) is 59.1 Å². The van der Waals surface area contributed by atoms with E-state index in [1.807, 2.05) is 61.5 Å². The van der Waals surface area contributed by atoms with Crippen LogP contribution in [0, 0.1) is 0 Å². The Labute approximate surface area is 160 Å². The minimum absolute atomic E-state index is 0.271. The van der Waals surface area contributed by atoms with Crippen molar-refractivity contribution in [3.8, 4) is 5.75 Å². The van der Waals surface area contributed by atoms with E-state index in [2.05, 4.69) is 0 Å². The van der Waals surface area contributed by atoms with Crippen LogP contribution in [0.3, 0.4) is 0 Å². The van der Waals surface area contributed by atoms with Crippen molar-refractivity contribution in [3.05, 3.63) is 60.2 Å². The van der Waals surface area contributed by atoms with Crippen LogP contribution in [-0.4, -0.2) is 50.6 Å². The summed E-state index contributed by atoms with van der Waals surface area (Å²) in [6, 6.07) is 16.9. The van der Waals surface area contributed by atoms with Gasteiger partial charge in [0, 0.05) is 33.4 Å². The van der Waals surface area contributed by atoms with Gasteiger partial charge in [-0.05, 0) is 36.8 Å². The van der Waals surface area contributed by atoms with E-state index in [-0.39, 0.29) is 12.5 Å². The lowest BCUT2D eigenvalue weighted by Gasteiger charge is -2.19. The van der Waals surface area contributed by atoms with Crippen LogP contribution in [0.15, 0.2) is 54.6 Å². The maximum absolute atomic E-state index is 12.2. The number of carbonyl (C=O) groups excluding carboxylic acids is 2. The van der Waals surface area contributed by atoms with E-state index in [1.54, 1.807) is 26.1 Å². The summed E-state index contributed by atoms with van der Waals surface area (Å²) in [6.07, 6.45) is -0.788. The highest BCUT2D eigenvalue weighted by Gasteiger charge is 2.19. The molecule has 0 spiro atoms. The smallest absolute Gasteiger partial charge is 0.347 e. The second-order valence-electron chi connectivity index (χ2n) is 6.49. The van der Waals surface area contributed by atoms with Gasteiger partial charge < -0.3 is 19.3 Å². The molecule has 144 valence electrons. The van der Waals surface area contributed by atoms with E-state index in [0.717, 1.165) is 11.3 Å². The predicted octanol–water partition coefficient (Wildman–Crippen LogP) is 2.72. The predicted molar refractivity (Wildman–Crippen MR) is 105 cm³/mol. The second kappa shape index (κ2) is 9.62. The average Bonchev–Trinajstić information content (AvgIpc) is 2.66. The zero-order valence-corrected chi connectivity index (χ0v) is 16.2. The standard InChI is InChI=1S/C21H26N2O4/c1-16(27-19-8-6-5-7-9-19)21(25)26-15-20(24)23(4)14-17-10-12-18(13-11-17)22(2)3/h5-13,16H,14-15H2,1-4H3/t16-/m1/s1. The van der Waals surface area contributed by atoms with Crippen LogP contribution in [0.4, 0.5) is 5.69 Å². The number of ether oxygens (including phenoxy) is 2. The van der Waals surface area contributed by atoms with Crippen molar-refractivity contribution in [1.29, 1.82) is 0 Å². The number of nitrogens with zero attached hydrogens (tertiary/aromatic N) is 2. The van der Waals surface area contributed by atoms with Gasteiger partial charge in [-0.15, -0.1) is 0 Å². The van der Waals surface area contributed by atoms with Gasteiger partial charge in [0.1, 0.15) is 5.75 Å². The van der Waals surface area contributed by atoms with E-state index in [9.17, 15) is 9.59 Å². The Bertz CT molecular complexity index is 745. The number of para-hydroxylation sites is 1. The number of hydrogen-bond donors (Lipinski definition) is 0. The third-order valence-corrected chi connectivity index (χ3v) is 4.02. The molecule has 6 heteroatoms. The van der Waals surface area contributed by atoms with Crippen molar-refractivity contribution >= 4 is 17.6 Å². The Morgan fingerprint density at radius 2 is 1.59 bits per heavy atom. The minimum Gasteiger partial charge on any atom is -0.479 e. The monoisotopic (exact) mass is 370 g/mol. The van der Waals surface area contributed by atoms with Gasteiger partial charge in [0.2, 0.25) is 0 Å². The zero-order valence-electron chi connectivity index (χ0n) is 16.2. The van der Waals surface area contributed by atoms with Crippen LogP contribution in [0.25, 0.3) is 0 Å². The van der Waals surface area contributed by atoms with Crippen molar-refractivity contribution in [3.63, 3.8) is 0 Å². The molecule has 0 aliphatic rings. The highest BCUT2D eigenvalue weighted by molar-refractivity contribution is 5.82. The SMILES string of the molecule is C[C@@H](Oc1ccccc1)C(=O)OCC(=O)N(C)Cc1ccc(N(C)C)cc1. The molecule has 27 heavy (non-hydrogen) atoms. The van der Waals surface area contributed by atoms with Gasteiger partial charge in [0.15, 0.2) is 12.7 Å². The first kappa shape index (κ1) is 20.3. The first-order valence-corrected chi connectivity index (χ1v) is 8.75. The van der Waals surface area contributed by atoms with Gasteiger partial charge >= 0.3 is 5.97 Å². The van der Waals surface area contributed by atoms with Gasteiger partial charge in [-0.25, -0.2) is 4.79 Å². The molecular weight excluding hydrogens is 344 g/mol. The fourth-order valence-corrected chi connectivity index (χ4v) is 2.37. The van der Waals surface area contributed by atoms with Crippen molar-refractivity contribution in [2.75, 3.05) is 32.6 Å². The average molecular weight is 370 g/mol. The summed E-state index contributed by atoms with van der Waals surface area (Å²) in [5.41, 5.74) is 2.10. The van der Waals surface area contributed by atoms with E-state index >= 15 is 0 Å². The van der Waals surface area contributed by atoms with Crippen LogP contribution >= 0.6 is 0 Å². The number of carbonyl (C=O) groups is 2. The van der Waals surface area contributed by atoms with E-state index < -0.39 is 12.1 Å². The largest absolute Gasteiger partial charge is 0.479 e. The maximum atomic E-state index is 12.2. The van der Waals surface area contributed by atoms with Gasteiger partial charge in [0.05, 0.1) is 0 Å². The third-order valence-electron chi connectivity index (χ3n) is 4.02. The number of rotatable bonds is 8. The molecule has 0 bridgehead atoms. The molecule has 2 aromatic carbocycles. The molecular formula is C21H26N2O4. The molecule has 0 radical (unpaired) electrons. The summed E-state index contributed by atoms with van der Waals surface area (Å²) in [4.78, 5) is 27.8. The number of likely N-dealkylation sites (N-methyl/N-ethyl adjacent to an activating group) is 1. The Hall–Kier alpha value is -3.02. The normalized spacial score (nSPS) is 11.4. The van der Waals surface area contributed by atoms with E-state index in [0.29, 0.717) is 12.3 Å². The van der Waals surface area contributed by atoms with Gasteiger partial charge in [-0.3, -0.25) is 4.79 Å². The molecule has 0 aliphatic carbocycles. The quantitative estimate of drug-likeness (QED) is 0.669. The molecule has 2 rings (SSSR count). The van der Waals surface area contributed by atoms with E-state index in [4.69, 9.17) is 9.47 Å². The Morgan fingerprint density at radius 1 is 0.963 bits per heavy atom. The lowest BCUT2D eigenvalue weighted by molar-refractivity contribution is -0.157. The minimum atomic E-state index is -0.788. The molecule has 0 fully saturated rings. The summed E-state index contributed by atoms with van der Waals surface area (Å²) >= 11 is 0. The molecule has 0 aliphatic heterocycles. The van der Waals surface area contributed by atoms with Crippen LogP contribution in [0.5, 0.6) is 5.75 Å². The number of benzene rings is 2. The summed E-state index contributed by atoms with van der Waals surface area (Å²) in [5, 5.41) is 0. The molecule has 0 unspecified atom stereocenters. The fraction of sp³-hybridized carbons (Fsp3) is 0.333. The third kappa shape index (κ3) is 6.33. The summed E-state index contributed by atoms with van der Waals surface area (Å²) in [6.45, 7) is 1.73. The zero-order chi connectivity index (χ0) is 19.8. The van der Waals surface area contributed by atoms with Gasteiger partial charge in [0.25, 0.3) is 5.91 Å². The summed E-state index contributed by atoms with van der Waals surface area (Å²) < 4.78 is 10.6. The Kier molecular flexibility index (Phi) is 7.23. The lowest BCUT2D eigenvalue weighted by atomic mass is 10.2. The Balaban J connectivity index is 1.79. The highest BCUT2D eigenvalue weighted by atomic mass is 16.6. The highest BCUT2D eigenvalue weighted by Crippen LogP contribution is 2.14. The molecule has 0 saturated carbocycles. The van der Waals surface area contributed by atoms with Crippen molar-refractivity contribution in [2.45, 2.75) is 19.6 Å². The number of hydrogen-bond acceptors (Lipinski definition) is 5. The first-order valence-electron chi connectivity index (χ1n) is 8.75. The number of anilines is 1. The van der Waals surface area contributed by atoms with Crippen LogP contribution in [0.1, 0.15) is 12.5 Å². The molecule has 0 heterocycles. The molecule has 0 aromatic heterocycles.